The Morgan fingerprint density at radius 2 is 1.80 bits per heavy atom. The highest BCUT2D eigenvalue weighted by Gasteiger charge is 2.31. The molecule has 0 unspecified atom stereocenters. The number of aryl methyl sites for hydroxylation is 2. The molecule has 0 bridgehead atoms. The van der Waals surface area contributed by atoms with E-state index < -0.39 is 9.84 Å². The first-order chi connectivity index (χ1) is 14.2. The summed E-state index contributed by atoms with van der Waals surface area (Å²) in [4.78, 5) is 26.1. The molecule has 30 heavy (non-hydrogen) atoms. The van der Waals surface area contributed by atoms with Crippen LogP contribution in [-0.2, 0) is 16.9 Å². The summed E-state index contributed by atoms with van der Waals surface area (Å²) in [7, 11) is -1.63. The van der Waals surface area contributed by atoms with Gasteiger partial charge in [0.05, 0.1) is 23.1 Å². The highest BCUT2D eigenvalue weighted by Crippen LogP contribution is 2.33. The van der Waals surface area contributed by atoms with Crippen LogP contribution in [0, 0.1) is 6.92 Å². The van der Waals surface area contributed by atoms with Gasteiger partial charge < -0.3 is 9.80 Å². The molecule has 0 spiro atoms. The summed E-state index contributed by atoms with van der Waals surface area (Å²) in [6.07, 6.45) is 7.95. The molecule has 0 atom stereocenters. The minimum atomic E-state index is -3.43. The summed E-state index contributed by atoms with van der Waals surface area (Å²) in [6.45, 7) is 4.75. The fraction of sp³-hybridized carbons (Fsp3) is 0.600. The van der Waals surface area contributed by atoms with E-state index in [4.69, 9.17) is 4.98 Å². The second kappa shape index (κ2) is 7.98. The predicted molar refractivity (Wildman–Crippen MR) is 112 cm³/mol. The van der Waals surface area contributed by atoms with Crippen molar-refractivity contribution in [2.75, 3.05) is 37.3 Å². The Bertz CT molecular complexity index is 1050. The maximum Gasteiger partial charge on any atom is 0.257 e. The fourth-order valence-electron chi connectivity index (χ4n) is 4.36. The van der Waals surface area contributed by atoms with Crippen molar-refractivity contribution in [3.05, 3.63) is 29.3 Å². The zero-order valence-corrected chi connectivity index (χ0v) is 18.5. The third-order valence-electron chi connectivity index (χ3n) is 5.97. The van der Waals surface area contributed by atoms with Gasteiger partial charge in [-0.05, 0) is 32.6 Å². The van der Waals surface area contributed by atoms with E-state index in [1.165, 1.54) is 12.5 Å². The van der Waals surface area contributed by atoms with E-state index in [2.05, 4.69) is 15.0 Å². The van der Waals surface area contributed by atoms with Crippen molar-refractivity contribution in [3.63, 3.8) is 0 Å². The van der Waals surface area contributed by atoms with Gasteiger partial charge in [-0.25, -0.2) is 18.4 Å². The first kappa shape index (κ1) is 20.8. The Labute approximate surface area is 177 Å². The molecule has 10 heteroatoms. The normalized spacial score (nSPS) is 18.2. The second-order valence-corrected chi connectivity index (χ2v) is 10.2. The fourth-order valence-corrected chi connectivity index (χ4v) is 5.19. The Kier molecular flexibility index (Phi) is 5.52. The quantitative estimate of drug-likeness (QED) is 0.722. The number of amides is 1. The molecular weight excluding hydrogens is 404 g/mol. The molecular formula is C20H28N6O3S. The van der Waals surface area contributed by atoms with Crippen molar-refractivity contribution in [1.29, 1.82) is 0 Å². The van der Waals surface area contributed by atoms with E-state index in [0.717, 1.165) is 31.6 Å². The highest BCUT2D eigenvalue weighted by molar-refractivity contribution is 7.90. The predicted octanol–water partition coefficient (Wildman–Crippen LogP) is 1.54. The number of carbonyl (C=O) groups is 1. The van der Waals surface area contributed by atoms with Crippen LogP contribution in [0.1, 0.15) is 53.3 Å². The average molecular weight is 433 g/mol. The number of carbonyl (C=O) groups excluding carboxylic acids is 1. The van der Waals surface area contributed by atoms with Crippen molar-refractivity contribution in [2.24, 2.45) is 7.05 Å². The minimum absolute atomic E-state index is 0.0156. The topological polar surface area (TPSA) is 101 Å². The number of rotatable bonds is 4. The molecule has 2 aliphatic heterocycles. The molecule has 9 nitrogen and oxygen atoms in total. The molecule has 4 rings (SSSR count). The van der Waals surface area contributed by atoms with Crippen LogP contribution in [0.15, 0.2) is 17.3 Å². The second-order valence-electron chi connectivity index (χ2n) is 8.25. The molecule has 2 aromatic heterocycles. The van der Waals surface area contributed by atoms with Gasteiger partial charge >= 0.3 is 0 Å². The van der Waals surface area contributed by atoms with Gasteiger partial charge in [0, 0.05) is 51.6 Å². The minimum Gasteiger partial charge on any atom is -0.341 e. The molecule has 0 aromatic carbocycles. The van der Waals surface area contributed by atoms with E-state index in [1.54, 1.807) is 17.9 Å². The Hall–Kier alpha value is -2.49. The highest BCUT2D eigenvalue weighted by atomic mass is 32.2. The van der Waals surface area contributed by atoms with Gasteiger partial charge in [0.2, 0.25) is 5.95 Å². The van der Waals surface area contributed by atoms with E-state index >= 15 is 0 Å². The average Bonchev–Trinajstić information content (AvgIpc) is 3.36. The third kappa shape index (κ3) is 4.05. The first-order valence-corrected chi connectivity index (χ1v) is 12.2. The van der Waals surface area contributed by atoms with Crippen LogP contribution in [0.25, 0.3) is 0 Å². The summed E-state index contributed by atoms with van der Waals surface area (Å²) in [5, 5.41) is 4.26. The van der Waals surface area contributed by atoms with Crippen LogP contribution in [-0.4, -0.2) is 71.4 Å². The number of likely N-dealkylation sites (tertiary alicyclic amines) is 1. The van der Waals surface area contributed by atoms with Crippen LogP contribution in [0.4, 0.5) is 5.95 Å². The third-order valence-corrected chi connectivity index (χ3v) is 7.08. The van der Waals surface area contributed by atoms with E-state index in [9.17, 15) is 13.2 Å². The molecule has 4 heterocycles. The molecule has 2 aromatic rings. The SMILES string of the molecule is Cc1nn(C)cc1C(=O)N1CCC(c2nc(N3CCCC3)ncc2S(C)(=O)=O)CC1. The van der Waals surface area contributed by atoms with Crippen molar-refractivity contribution in [3.8, 4) is 0 Å². The van der Waals surface area contributed by atoms with Crippen molar-refractivity contribution in [1.82, 2.24) is 24.6 Å². The molecule has 0 radical (unpaired) electrons. The first-order valence-electron chi connectivity index (χ1n) is 10.4. The maximum absolute atomic E-state index is 12.9. The van der Waals surface area contributed by atoms with Crippen LogP contribution in [0.5, 0.6) is 0 Å². The van der Waals surface area contributed by atoms with Gasteiger partial charge in [0.15, 0.2) is 9.84 Å². The molecule has 162 valence electrons. The zero-order valence-electron chi connectivity index (χ0n) is 17.7. The number of piperidine rings is 1. The molecule has 2 saturated heterocycles. The summed E-state index contributed by atoms with van der Waals surface area (Å²) in [5.74, 6) is 0.570. The van der Waals surface area contributed by atoms with Gasteiger partial charge in [0.1, 0.15) is 4.90 Å². The van der Waals surface area contributed by atoms with Crippen LogP contribution in [0.3, 0.4) is 0 Å². The van der Waals surface area contributed by atoms with Gasteiger partial charge in [-0.3, -0.25) is 9.48 Å². The van der Waals surface area contributed by atoms with Gasteiger partial charge in [-0.15, -0.1) is 0 Å². The molecule has 0 saturated carbocycles. The molecule has 2 fully saturated rings. The Balaban J connectivity index is 1.55. The van der Waals surface area contributed by atoms with Gasteiger partial charge in [0.25, 0.3) is 5.91 Å². The number of aromatic nitrogens is 4. The van der Waals surface area contributed by atoms with Crippen molar-refractivity contribution >= 4 is 21.7 Å². The van der Waals surface area contributed by atoms with Crippen LogP contribution >= 0.6 is 0 Å². The summed E-state index contributed by atoms with van der Waals surface area (Å²) in [6, 6.07) is 0. The number of sulfone groups is 1. The van der Waals surface area contributed by atoms with E-state index in [0.29, 0.717) is 43.1 Å². The summed E-state index contributed by atoms with van der Waals surface area (Å²) < 4.78 is 26.4. The van der Waals surface area contributed by atoms with Gasteiger partial charge in [-0.2, -0.15) is 5.10 Å². The number of hydrogen-bond acceptors (Lipinski definition) is 7. The smallest absolute Gasteiger partial charge is 0.257 e. The molecule has 0 aliphatic carbocycles. The number of hydrogen-bond donors (Lipinski definition) is 0. The van der Waals surface area contributed by atoms with E-state index in [1.807, 2.05) is 11.8 Å². The lowest BCUT2D eigenvalue weighted by Crippen LogP contribution is -2.38. The van der Waals surface area contributed by atoms with Crippen molar-refractivity contribution in [2.45, 2.75) is 43.4 Å². The molecule has 0 N–H and O–H groups in total. The molecule has 1 amide bonds. The van der Waals surface area contributed by atoms with Crippen LogP contribution in [0.2, 0.25) is 0 Å². The largest absolute Gasteiger partial charge is 0.341 e. The lowest BCUT2D eigenvalue weighted by atomic mass is 9.93. The monoisotopic (exact) mass is 432 g/mol. The van der Waals surface area contributed by atoms with Gasteiger partial charge in [-0.1, -0.05) is 0 Å². The number of anilines is 1. The zero-order chi connectivity index (χ0) is 21.5. The van der Waals surface area contributed by atoms with Crippen molar-refractivity contribution < 1.29 is 13.2 Å². The Morgan fingerprint density at radius 3 is 2.37 bits per heavy atom. The summed E-state index contributed by atoms with van der Waals surface area (Å²) in [5.41, 5.74) is 1.93. The number of nitrogens with zero attached hydrogens (tertiary/aromatic N) is 6. The summed E-state index contributed by atoms with van der Waals surface area (Å²) >= 11 is 0. The van der Waals surface area contributed by atoms with E-state index in [-0.39, 0.29) is 16.7 Å². The standard InChI is InChI=1S/C20H28N6O3S/c1-14-16(13-24(2)23-14)19(27)25-10-6-15(7-11-25)18-17(30(3,28)29)12-21-20(22-18)26-8-4-5-9-26/h12-13,15H,4-11H2,1-3H3. The maximum atomic E-state index is 12.9. The lowest BCUT2D eigenvalue weighted by Gasteiger charge is -2.32. The lowest BCUT2D eigenvalue weighted by molar-refractivity contribution is 0.0710. The van der Waals surface area contributed by atoms with Crippen LogP contribution < -0.4 is 4.90 Å². The Morgan fingerprint density at radius 1 is 1.13 bits per heavy atom. The molecule has 2 aliphatic rings.